The second-order valence-electron chi connectivity index (χ2n) is 8.18. The lowest BCUT2D eigenvalue weighted by atomic mass is 10.0. The van der Waals surface area contributed by atoms with Gasteiger partial charge in [0.05, 0.1) is 5.25 Å². The van der Waals surface area contributed by atoms with Crippen LogP contribution >= 0.6 is 11.8 Å². The monoisotopic (exact) mass is 430 g/mol. The van der Waals surface area contributed by atoms with Crippen molar-refractivity contribution < 1.29 is 13.6 Å². The molecule has 0 spiro atoms. The number of halogens is 2. The number of carbonyl (C=O) groups is 1. The van der Waals surface area contributed by atoms with E-state index in [1.165, 1.54) is 24.3 Å². The van der Waals surface area contributed by atoms with E-state index >= 15 is 0 Å². The normalized spacial score (nSPS) is 17.5. The van der Waals surface area contributed by atoms with Gasteiger partial charge >= 0.3 is 0 Å². The minimum Gasteiger partial charge on any atom is -0.342 e. The van der Waals surface area contributed by atoms with Gasteiger partial charge in [0.25, 0.3) is 0 Å². The lowest BCUT2D eigenvalue weighted by Gasteiger charge is -2.32. The molecule has 0 atom stereocenters. The molecule has 2 aromatic rings. The molecule has 30 heavy (non-hydrogen) atoms. The molecule has 0 bridgehead atoms. The fourth-order valence-corrected chi connectivity index (χ4v) is 5.16. The number of hydrogen-bond donors (Lipinski definition) is 1. The predicted octanol–water partition coefficient (Wildman–Crippen LogP) is 4.78. The molecule has 1 aliphatic heterocycles. The summed E-state index contributed by atoms with van der Waals surface area (Å²) in [5.41, 5.74) is 2.03. The third-order valence-electron chi connectivity index (χ3n) is 5.90. The summed E-state index contributed by atoms with van der Waals surface area (Å²) in [5.74, 6) is 1.04. The molecule has 2 aromatic carbocycles. The number of carbonyl (C=O) groups excluding carboxylic acids is 1. The lowest BCUT2D eigenvalue weighted by Crippen LogP contribution is -2.45. The number of benzene rings is 2. The Labute approximate surface area is 181 Å². The van der Waals surface area contributed by atoms with Crippen molar-refractivity contribution in [1.82, 2.24) is 10.2 Å². The molecule has 0 aromatic heterocycles. The van der Waals surface area contributed by atoms with Crippen LogP contribution in [0.5, 0.6) is 0 Å². The number of rotatable bonds is 8. The van der Waals surface area contributed by atoms with Crippen LogP contribution < -0.4 is 5.32 Å². The SMILES string of the molecule is O=C(C1CC1)N1CCC(NCCSC(c2ccc(F)cc2)c2ccc(F)cc2)CC1. The molecule has 1 saturated heterocycles. The zero-order chi connectivity index (χ0) is 20.9. The molecule has 6 heteroatoms. The van der Waals surface area contributed by atoms with E-state index in [9.17, 15) is 13.6 Å². The van der Waals surface area contributed by atoms with Crippen LogP contribution in [-0.4, -0.2) is 42.2 Å². The Kier molecular flexibility index (Phi) is 7.05. The minimum atomic E-state index is -0.255. The van der Waals surface area contributed by atoms with Crippen LogP contribution in [-0.2, 0) is 4.79 Å². The first-order chi connectivity index (χ1) is 14.6. The van der Waals surface area contributed by atoms with Crippen molar-refractivity contribution in [3.05, 3.63) is 71.3 Å². The molecule has 3 nitrogen and oxygen atoms in total. The topological polar surface area (TPSA) is 32.3 Å². The van der Waals surface area contributed by atoms with Gasteiger partial charge in [-0.05, 0) is 61.1 Å². The summed E-state index contributed by atoms with van der Waals surface area (Å²) in [6, 6.07) is 13.6. The number of hydrogen-bond acceptors (Lipinski definition) is 3. The molecule has 1 N–H and O–H groups in total. The molecular formula is C24H28F2N2OS. The number of nitrogens with one attached hydrogen (secondary N) is 1. The Morgan fingerprint density at radius 3 is 1.97 bits per heavy atom. The smallest absolute Gasteiger partial charge is 0.225 e. The third kappa shape index (κ3) is 5.61. The van der Waals surface area contributed by atoms with Crippen LogP contribution in [0.15, 0.2) is 48.5 Å². The molecule has 0 radical (unpaired) electrons. The van der Waals surface area contributed by atoms with E-state index in [1.807, 2.05) is 4.90 Å². The molecule has 2 aliphatic rings. The van der Waals surface area contributed by atoms with E-state index in [4.69, 9.17) is 0 Å². The van der Waals surface area contributed by atoms with E-state index in [1.54, 1.807) is 36.0 Å². The maximum Gasteiger partial charge on any atom is 0.225 e. The number of thioether (sulfide) groups is 1. The Morgan fingerprint density at radius 1 is 0.933 bits per heavy atom. The van der Waals surface area contributed by atoms with Crippen molar-refractivity contribution >= 4 is 17.7 Å². The van der Waals surface area contributed by atoms with Gasteiger partial charge in [-0.2, -0.15) is 0 Å². The van der Waals surface area contributed by atoms with E-state index < -0.39 is 0 Å². The molecule has 1 saturated carbocycles. The predicted molar refractivity (Wildman–Crippen MR) is 117 cm³/mol. The summed E-state index contributed by atoms with van der Waals surface area (Å²) in [7, 11) is 0. The van der Waals surface area contributed by atoms with Crippen LogP contribution in [0.4, 0.5) is 8.78 Å². The highest BCUT2D eigenvalue weighted by Crippen LogP contribution is 2.36. The van der Waals surface area contributed by atoms with Gasteiger partial charge in [-0.1, -0.05) is 24.3 Å². The summed E-state index contributed by atoms with van der Waals surface area (Å²) in [6.07, 6.45) is 4.14. The van der Waals surface area contributed by atoms with Crippen LogP contribution in [0, 0.1) is 17.6 Å². The van der Waals surface area contributed by atoms with Gasteiger partial charge in [0.1, 0.15) is 11.6 Å². The number of likely N-dealkylation sites (tertiary alicyclic amines) is 1. The summed E-state index contributed by atoms with van der Waals surface area (Å²) < 4.78 is 26.7. The second kappa shape index (κ2) is 9.92. The summed E-state index contributed by atoms with van der Waals surface area (Å²) in [5, 5.41) is 3.66. The fraction of sp³-hybridized carbons (Fsp3) is 0.458. The zero-order valence-electron chi connectivity index (χ0n) is 17.0. The fourth-order valence-electron chi connectivity index (χ4n) is 3.99. The van der Waals surface area contributed by atoms with Gasteiger partial charge in [-0.25, -0.2) is 8.78 Å². The number of piperidine rings is 1. The van der Waals surface area contributed by atoms with Crippen LogP contribution in [0.1, 0.15) is 42.1 Å². The average molecular weight is 431 g/mol. The summed E-state index contributed by atoms with van der Waals surface area (Å²) >= 11 is 1.77. The first-order valence-corrected chi connectivity index (χ1v) is 11.8. The van der Waals surface area contributed by atoms with Crippen molar-refractivity contribution in [2.75, 3.05) is 25.4 Å². The average Bonchev–Trinajstić information content (AvgIpc) is 3.61. The van der Waals surface area contributed by atoms with Gasteiger partial charge in [0.15, 0.2) is 0 Å². The number of amides is 1. The first-order valence-electron chi connectivity index (χ1n) is 10.7. The van der Waals surface area contributed by atoms with E-state index in [-0.39, 0.29) is 16.9 Å². The summed E-state index contributed by atoms with van der Waals surface area (Å²) in [6.45, 7) is 2.58. The van der Waals surface area contributed by atoms with Gasteiger partial charge in [-0.15, -0.1) is 11.8 Å². The maximum absolute atomic E-state index is 13.4. The summed E-state index contributed by atoms with van der Waals surface area (Å²) in [4.78, 5) is 14.2. The van der Waals surface area contributed by atoms with Crippen LogP contribution in [0.2, 0.25) is 0 Å². The maximum atomic E-state index is 13.4. The van der Waals surface area contributed by atoms with E-state index in [2.05, 4.69) is 5.32 Å². The Bertz CT molecular complexity index is 786. The Hall–Kier alpha value is -1.92. The highest BCUT2D eigenvalue weighted by molar-refractivity contribution is 7.99. The molecule has 160 valence electrons. The molecule has 1 aliphatic carbocycles. The molecule has 0 unspecified atom stereocenters. The molecule has 1 amide bonds. The Morgan fingerprint density at radius 2 is 1.47 bits per heavy atom. The van der Waals surface area contributed by atoms with Gasteiger partial charge in [0, 0.05) is 37.3 Å². The standard InChI is InChI=1S/C24H28F2N2OS/c25-20-7-3-17(4-8-20)23(18-5-9-21(26)10-6-18)30-16-13-27-22-11-14-28(15-12-22)24(29)19-1-2-19/h3-10,19,22-23,27H,1-2,11-16H2. The minimum absolute atomic E-state index is 0.0333. The highest BCUT2D eigenvalue weighted by atomic mass is 32.2. The van der Waals surface area contributed by atoms with Crippen LogP contribution in [0.25, 0.3) is 0 Å². The van der Waals surface area contributed by atoms with E-state index in [0.29, 0.717) is 17.9 Å². The molecule has 4 rings (SSSR count). The molecule has 1 heterocycles. The molecule has 2 fully saturated rings. The third-order valence-corrected chi connectivity index (χ3v) is 7.22. The quantitative estimate of drug-likeness (QED) is 0.612. The largest absolute Gasteiger partial charge is 0.342 e. The van der Waals surface area contributed by atoms with Crippen molar-refractivity contribution in [3.8, 4) is 0 Å². The van der Waals surface area contributed by atoms with Crippen molar-refractivity contribution in [2.45, 2.75) is 37.0 Å². The highest BCUT2D eigenvalue weighted by Gasteiger charge is 2.34. The second-order valence-corrected chi connectivity index (χ2v) is 9.39. The van der Waals surface area contributed by atoms with Crippen molar-refractivity contribution in [2.24, 2.45) is 5.92 Å². The van der Waals surface area contributed by atoms with Gasteiger partial charge in [-0.3, -0.25) is 4.79 Å². The van der Waals surface area contributed by atoms with Crippen molar-refractivity contribution in [3.63, 3.8) is 0 Å². The van der Waals surface area contributed by atoms with E-state index in [0.717, 1.165) is 62.2 Å². The molecular weight excluding hydrogens is 402 g/mol. The zero-order valence-corrected chi connectivity index (χ0v) is 17.8. The number of nitrogens with zero attached hydrogens (tertiary/aromatic N) is 1. The van der Waals surface area contributed by atoms with Crippen LogP contribution in [0.3, 0.4) is 0 Å². The lowest BCUT2D eigenvalue weighted by molar-refractivity contribution is -0.133. The Balaban J connectivity index is 1.27. The van der Waals surface area contributed by atoms with Crippen molar-refractivity contribution in [1.29, 1.82) is 0 Å². The van der Waals surface area contributed by atoms with Gasteiger partial charge in [0.2, 0.25) is 5.91 Å². The van der Waals surface area contributed by atoms with Gasteiger partial charge < -0.3 is 10.2 Å². The first kappa shape index (κ1) is 21.3.